The van der Waals surface area contributed by atoms with Crippen LogP contribution in [0.3, 0.4) is 0 Å². The summed E-state index contributed by atoms with van der Waals surface area (Å²) in [5.74, 6) is -0.909. The van der Waals surface area contributed by atoms with Crippen LogP contribution in [-0.2, 0) is 19.0 Å². The Balaban J connectivity index is 2.03. The molecule has 1 saturated carbocycles. The van der Waals surface area contributed by atoms with E-state index in [0.717, 1.165) is 32.1 Å². The van der Waals surface area contributed by atoms with E-state index in [4.69, 9.17) is 14.2 Å². The topological polar surface area (TPSA) is 44.8 Å². The summed E-state index contributed by atoms with van der Waals surface area (Å²) in [7, 11) is 0. The lowest BCUT2D eigenvalue weighted by molar-refractivity contribution is -0.321. The normalized spacial score (nSPS) is 28.3. The number of carbonyl (C=O) groups excluding carboxylic acids is 1. The van der Waals surface area contributed by atoms with Gasteiger partial charge >= 0.3 is 5.97 Å². The maximum absolute atomic E-state index is 11.7. The molecule has 4 nitrogen and oxygen atoms in total. The zero-order chi connectivity index (χ0) is 12.3. The van der Waals surface area contributed by atoms with Gasteiger partial charge < -0.3 is 14.2 Å². The van der Waals surface area contributed by atoms with E-state index >= 15 is 0 Å². The van der Waals surface area contributed by atoms with Crippen molar-refractivity contribution in [1.82, 2.24) is 0 Å². The molecule has 4 heteroatoms. The molecule has 0 aromatic heterocycles. The molecule has 0 aromatic rings. The number of rotatable bonds is 2. The first-order chi connectivity index (χ1) is 8.14. The molecule has 0 aromatic carbocycles. The van der Waals surface area contributed by atoms with Crippen molar-refractivity contribution in [3.05, 3.63) is 0 Å². The number of hydrogen-bond acceptors (Lipinski definition) is 4. The van der Waals surface area contributed by atoms with Crippen LogP contribution in [0.1, 0.15) is 46.0 Å². The SMILES string of the molecule is CC(C)C(=O)OC1CCCCC12OCCCO2. The predicted molar refractivity (Wildman–Crippen MR) is 62.4 cm³/mol. The van der Waals surface area contributed by atoms with Crippen LogP contribution in [0.15, 0.2) is 0 Å². The molecule has 1 atom stereocenters. The van der Waals surface area contributed by atoms with Crippen molar-refractivity contribution >= 4 is 5.97 Å². The summed E-state index contributed by atoms with van der Waals surface area (Å²) in [6, 6.07) is 0. The fraction of sp³-hybridized carbons (Fsp3) is 0.923. The quantitative estimate of drug-likeness (QED) is 0.697. The molecule has 1 heterocycles. The first kappa shape index (κ1) is 12.8. The van der Waals surface area contributed by atoms with Gasteiger partial charge in [-0.25, -0.2) is 0 Å². The fourth-order valence-corrected chi connectivity index (χ4v) is 2.43. The predicted octanol–water partition coefficient (Wildman–Crippen LogP) is 2.26. The van der Waals surface area contributed by atoms with Gasteiger partial charge in [-0.2, -0.15) is 0 Å². The number of ether oxygens (including phenoxy) is 3. The second-order valence-electron chi connectivity index (χ2n) is 5.19. The minimum Gasteiger partial charge on any atom is -0.456 e. The van der Waals surface area contributed by atoms with E-state index < -0.39 is 5.79 Å². The zero-order valence-electron chi connectivity index (χ0n) is 10.7. The van der Waals surface area contributed by atoms with Gasteiger partial charge in [0.2, 0.25) is 5.79 Å². The zero-order valence-corrected chi connectivity index (χ0v) is 10.7. The fourth-order valence-electron chi connectivity index (χ4n) is 2.43. The highest BCUT2D eigenvalue weighted by molar-refractivity contribution is 5.71. The molecule has 1 saturated heterocycles. The third-order valence-corrected chi connectivity index (χ3v) is 3.44. The first-order valence-electron chi connectivity index (χ1n) is 6.62. The average molecular weight is 242 g/mol. The molecule has 1 unspecified atom stereocenters. The smallest absolute Gasteiger partial charge is 0.308 e. The summed E-state index contributed by atoms with van der Waals surface area (Å²) >= 11 is 0. The Labute approximate surface area is 103 Å². The van der Waals surface area contributed by atoms with E-state index in [9.17, 15) is 4.79 Å². The van der Waals surface area contributed by atoms with Crippen molar-refractivity contribution in [2.75, 3.05) is 13.2 Å². The molecule has 2 fully saturated rings. The Kier molecular flexibility index (Phi) is 4.05. The van der Waals surface area contributed by atoms with Crippen LogP contribution in [0.25, 0.3) is 0 Å². The summed E-state index contributed by atoms with van der Waals surface area (Å²) in [6.45, 7) is 5.10. The molecule has 2 aliphatic rings. The van der Waals surface area contributed by atoms with Gasteiger partial charge in [-0.15, -0.1) is 0 Å². The van der Waals surface area contributed by atoms with Crippen molar-refractivity contribution < 1.29 is 19.0 Å². The second kappa shape index (κ2) is 5.36. The van der Waals surface area contributed by atoms with Crippen molar-refractivity contribution in [1.29, 1.82) is 0 Å². The molecule has 0 amide bonds. The summed E-state index contributed by atoms with van der Waals surface area (Å²) in [4.78, 5) is 11.7. The minimum absolute atomic E-state index is 0.0995. The maximum atomic E-state index is 11.7. The first-order valence-corrected chi connectivity index (χ1v) is 6.62. The Morgan fingerprint density at radius 2 is 1.94 bits per heavy atom. The van der Waals surface area contributed by atoms with Gasteiger partial charge in [-0.05, 0) is 25.7 Å². The lowest BCUT2D eigenvalue weighted by Gasteiger charge is -2.44. The van der Waals surface area contributed by atoms with Crippen molar-refractivity contribution in [3.8, 4) is 0 Å². The van der Waals surface area contributed by atoms with Crippen molar-refractivity contribution in [2.24, 2.45) is 5.92 Å². The van der Waals surface area contributed by atoms with Crippen molar-refractivity contribution in [2.45, 2.75) is 57.8 Å². The van der Waals surface area contributed by atoms with Gasteiger partial charge in [0.15, 0.2) is 6.10 Å². The second-order valence-corrected chi connectivity index (χ2v) is 5.19. The van der Waals surface area contributed by atoms with Crippen LogP contribution in [-0.4, -0.2) is 31.1 Å². The number of esters is 1. The Hall–Kier alpha value is -0.610. The molecular weight excluding hydrogens is 220 g/mol. The van der Waals surface area contributed by atoms with E-state index in [1.807, 2.05) is 13.8 Å². The summed E-state index contributed by atoms with van der Waals surface area (Å²) < 4.78 is 17.2. The van der Waals surface area contributed by atoms with Gasteiger partial charge in [-0.3, -0.25) is 4.79 Å². The third kappa shape index (κ3) is 2.80. The van der Waals surface area contributed by atoms with Crippen LogP contribution in [0.2, 0.25) is 0 Å². The third-order valence-electron chi connectivity index (χ3n) is 3.44. The Morgan fingerprint density at radius 1 is 1.24 bits per heavy atom. The van der Waals surface area contributed by atoms with Crippen LogP contribution >= 0.6 is 0 Å². The van der Waals surface area contributed by atoms with Gasteiger partial charge in [-0.1, -0.05) is 13.8 Å². The number of carbonyl (C=O) groups is 1. The molecule has 1 aliphatic carbocycles. The van der Waals surface area contributed by atoms with Crippen molar-refractivity contribution in [3.63, 3.8) is 0 Å². The van der Waals surface area contributed by atoms with E-state index in [0.29, 0.717) is 13.2 Å². The molecule has 98 valence electrons. The van der Waals surface area contributed by atoms with Gasteiger partial charge in [0.05, 0.1) is 19.1 Å². The summed E-state index contributed by atoms with van der Waals surface area (Å²) in [5, 5.41) is 0. The van der Waals surface area contributed by atoms with Gasteiger partial charge in [0.1, 0.15) is 0 Å². The largest absolute Gasteiger partial charge is 0.456 e. The summed E-state index contributed by atoms with van der Waals surface area (Å²) in [6.07, 6.45) is 4.53. The van der Waals surface area contributed by atoms with E-state index in [2.05, 4.69) is 0 Å². The van der Waals surface area contributed by atoms with Gasteiger partial charge in [0, 0.05) is 6.42 Å². The highest BCUT2D eigenvalue weighted by Crippen LogP contribution is 2.37. The Morgan fingerprint density at radius 3 is 2.59 bits per heavy atom. The highest BCUT2D eigenvalue weighted by atomic mass is 16.7. The molecule has 0 N–H and O–H groups in total. The number of hydrogen-bond donors (Lipinski definition) is 0. The van der Waals surface area contributed by atoms with Crippen LogP contribution in [0.4, 0.5) is 0 Å². The van der Waals surface area contributed by atoms with Crippen LogP contribution in [0, 0.1) is 5.92 Å². The molecule has 17 heavy (non-hydrogen) atoms. The van der Waals surface area contributed by atoms with Crippen LogP contribution < -0.4 is 0 Å². The Bertz CT molecular complexity index is 260. The van der Waals surface area contributed by atoms with Crippen LogP contribution in [0.5, 0.6) is 0 Å². The van der Waals surface area contributed by atoms with E-state index in [-0.39, 0.29) is 18.0 Å². The molecular formula is C13H22O4. The molecule has 1 aliphatic heterocycles. The lowest BCUT2D eigenvalue weighted by Crippen LogP contribution is -2.54. The molecule has 1 spiro atoms. The molecule has 2 rings (SSSR count). The lowest BCUT2D eigenvalue weighted by atomic mass is 9.90. The van der Waals surface area contributed by atoms with Gasteiger partial charge in [0.25, 0.3) is 0 Å². The average Bonchev–Trinajstić information content (AvgIpc) is 2.33. The molecule has 0 radical (unpaired) electrons. The van der Waals surface area contributed by atoms with E-state index in [1.54, 1.807) is 0 Å². The standard InChI is InChI=1S/C13H22O4/c1-10(2)12(14)17-11-6-3-4-7-13(11)15-8-5-9-16-13/h10-11H,3-9H2,1-2H3. The summed E-state index contributed by atoms with van der Waals surface area (Å²) in [5.41, 5.74) is 0. The minimum atomic E-state index is -0.652. The van der Waals surface area contributed by atoms with E-state index in [1.165, 1.54) is 0 Å². The maximum Gasteiger partial charge on any atom is 0.308 e. The monoisotopic (exact) mass is 242 g/mol. The molecule has 0 bridgehead atoms. The highest BCUT2D eigenvalue weighted by Gasteiger charge is 2.47.